The molecule has 2 atom stereocenters. The summed E-state index contributed by atoms with van der Waals surface area (Å²) in [5.41, 5.74) is 2.18. The highest BCUT2D eigenvalue weighted by atomic mass is 35.5. The van der Waals surface area contributed by atoms with Crippen molar-refractivity contribution in [2.24, 2.45) is 5.92 Å². The molecule has 2 unspecified atom stereocenters. The number of benzene rings is 1. The molecule has 0 radical (unpaired) electrons. The molecule has 2 saturated heterocycles. The molecular weight excluding hydrogens is 373 g/mol. The minimum atomic E-state index is 0. The van der Waals surface area contributed by atoms with Crippen LogP contribution in [-0.4, -0.2) is 49.7 Å². The number of carbonyl (C=O) groups excluding carboxylic acids is 1. The second kappa shape index (κ2) is 11.8. The van der Waals surface area contributed by atoms with Crippen molar-refractivity contribution in [2.45, 2.75) is 38.8 Å². The van der Waals surface area contributed by atoms with Gasteiger partial charge in [-0.15, -0.1) is 24.8 Å². The average molecular weight is 404 g/mol. The maximum atomic E-state index is 12.1. The molecule has 0 saturated carbocycles. The van der Waals surface area contributed by atoms with Gasteiger partial charge in [0.15, 0.2) is 0 Å². The summed E-state index contributed by atoms with van der Waals surface area (Å²) in [4.78, 5) is 14.6. The Bertz CT molecular complexity index is 536. The summed E-state index contributed by atoms with van der Waals surface area (Å²) in [6, 6.07) is 8.38. The zero-order valence-electron chi connectivity index (χ0n) is 15.4. The van der Waals surface area contributed by atoms with Crippen molar-refractivity contribution in [1.82, 2.24) is 10.2 Å². The SMILES string of the molecule is CC1CCCN(Cc2ccc(NC(=O)CC3COCCN3)cc2)C1.Cl.Cl. The van der Waals surface area contributed by atoms with Gasteiger partial charge in [-0.05, 0) is 43.0 Å². The number of halogens is 2. The number of carbonyl (C=O) groups is 1. The van der Waals surface area contributed by atoms with Gasteiger partial charge in [0.25, 0.3) is 0 Å². The first-order valence-corrected chi connectivity index (χ1v) is 9.11. The fourth-order valence-corrected chi connectivity index (χ4v) is 3.57. The number of nitrogens with zero attached hydrogens (tertiary/aromatic N) is 1. The molecule has 1 amide bonds. The Labute approximate surface area is 169 Å². The lowest BCUT2D eigenvalue weighted by Crippen LogP contribution is -2.43. The van der Waals surface area contributed by atoms with Gasteiger partial charge >= 0.3 is 0 Å². The van der Waals surface area contributed by atoms with Crippen LogP contribution in [0.3, 0.4) is 0 Å². The van der Waals surface area contributed by atoms with E-state index in [-0.39, 0.29) is 36.8 Å². The lowest BCUT2D eigenvalue weighted by atomic mass is 10.00. The summed E-state index contributed by atoms with van der Waals surface area (Å²) in [6.45, 7) is 7.88. The molecular formula is C19H31Cl2N3O2. The number of likely N-dealkylation sites (tertiary alicyclic amines) is 1. The van der Waals surface area contributed by atoms with Crippen LogP contribution in [0.15, 0.2) is 24.3 Å². The van der Waals surface area contributed by atoms with Gasteiger partial charge in [0.1, 0.15) is 0 Å². The average Bonchev–Trinajstić information content (AvgIpc) is 2.57. The molecule has 0 aromatic heterocycles. The normalized spacial score (nSPS) is 23.4. The Morgan fingerprint density at radius 1 is 1.31 bits per heavy atom. The highest BCUT2D eigenvalue weighted by Gasteiger charge is 2.18. The van der Waals surface area contributed by atoms with Crippen LogP contribution in [0.25, 0.3) is 0 Å². The van der Waals surface area contributed by atoms with Crippen molar-refractivity contribution < 1.29 is 9.53 Å². The minimum absolute atomic E-state index is 0. The molecule has 1 aromatic carbocycles. The fraction of sp³-hybridized carbons (Fsp3) is 0.632. The first-order valence-electron chi connectivity index (χ1n) is 9.11. The predicted molar refractivity (Wildman–Crippen MR) is 110 cm³/mol. The van der Waals surface area contributed by atoms with Crippen LogP contribution in [0.2, 0.25) is 0 Å². The number of morpholine rings is 1. The molecule has 0 bridgehead atoms. The van der Waals surface area contributed by atoms with Crippen molar-refractivity contribution >= 4 is 36.4 Å². The van der Waals surface area contributed by atoms with Crippen molar-refractivity contribution in [3.63, 3.8) is 0 Å². The molecule has 26 heavy (non-hydrogen) atoms. The van der Waals surface area contributed by atoms with Crippen molar-refractivity contribution in [1.29, 1.82) is 0 Å². The van der Waals surface area contributed by atoms with Gasteiger partial charge in [-0.25, -0.2) is 0 Å². The lowest BCUT2D eigenvalue weighted by Gasteiger charge is -2.30. The van der Waals surface area contributed by atoms with Gasteiger partial charge in [0, 0.05) is 37.8 Å². The Balaban J connectivity index is 0.00000169. The number of amides is 1. The smallest absolute Gasteiger partial charge is 0.226 e. The monoisotopic (exact) mass is 403 g/mol. The van der Waals surface area contributed by atoms with E-state index in [1.165, 1.54) is 31.5 Å². The number of hydrogen-bond donors (Lipinski definition) is 2. The van der Waals surface area contributed by atoms with E-state index in [2.05, 4.69) is 34.6 Å². The number of nitrogens with one attached hydrogen (secondary N) is 2. The maximum absolute atomic E-state index is 12.1. The van der Waals surface area contributed by atoms with E-state index < -0.39 is 0 Å². The molecule has 7 heteroatoms. The minimum Gasteiger partial charge on any atom is -0.378 e. The maximum Gasteiger partial charge on any atom is 0.226 e. The van der Waals surface area contributed by atoms with Crippen LogP contribution in [0.5, 0.6) is 0 Å². The molecule has 2 aliphatic heterocycles. The Hall–Kier alpha value is -0.850. The molecule has 2 heterocycles. The fourth-order valence-electron chi connectivity index (χ4n) is 3.57. The Morgan fingerprint density at radius 3 is 2.73 bits per heavy atom. The van der Waals surface area contributed by atoms with Gasteiger partial charge in [-0.1, -0.05) is 19.1 Å². The Morgan fingerprint density at radius 2 is 2.08 bits per heavy atom. The molecule has 0 aliphatic carbocycles. The van der Waals surface area contributed by atoms with Crippen LogP contribution < -0.4 is 10.6 Å². The third-order valence-corrected chi connectivity index (χ3v) is 4.82. The Kier molecular flexibility index (Phi) is 10.5. The standard InChI is InChI=1S/C19H29N3O2.2ClH/c1-15-3-2-9-22(12-15)13-16-4-6-17(7-5-16)21-19(23)11-18-14-24-10-8-20-18;;/h4-7,15,18,20H,2-3,8-14H2,1H3,(H,21,23);2*1H. The van der Waals surface area contributed by atoms with E-state index in [1.807, 2.05) is 12.1 Å². The van der Waals surface area contributed by atoms with E-state index in [0.29, 0.717) is 13.0 Å². The van der Waals surface area contributed by atoms with Crippen LogP contribution in [0.1, 0.15) is 31.7 Å². The molecule has 1 aromatic rings. The van der Waals surface area contributed by atoms with Crippen molar-refractivity contribution in [3.05, 3.63) is 29.8 Å². The summed E-state index contributed by atoms with van der Waals surface area (Å²) < 4.78 is 5.38. The van der Waals surface area contributed by atoms with Gasteiger partial charge < -0.3 is 15.4 Å². The molecule has 2 aliphatic rings. The number of rotatable bonds is 5. The van der Waals surface area contributed by atoms with Crippen LogP contribution in [-0.2, 0) is 16.1 Å². The van der Waals surface area contributed by atoms with E-state index in [4.69, 9.17) is 4.74 Å². The molecule has 2 N–H and O–H groups in total. The second-order valence-electron chi connectivity index (χ2n) is 7.16. The number of ether oxygens (including phenoxy) is 1. The van der Waals surface area contributed by atoms with Gasteiger partial charge in [0.05, 0.1) is 13.2 Å². The summed E-state index contributed by atoms with van der Waals surface area (Å²) >= 11 is 0. The van der Waals surface area contributed by atoms with Crippen LogP contribution >= 0.6 is 24.8 Å². The van der Waals surface area contributed by atoms with Crippen LogP contribution in [0, 0.1) is 5.92 Å². The zero-order chi connectivity index (χ0) is 16.8. The number of hydrogen-bond acceptors (Lipinski definition) is 4. The van der Waals surface area contributed by atoms with E-state index in [0.717, 1.165) is 31.3 Å². The third-order valence-electron chi connectivity index (χ3n) is 4.82. The van der Waals surface area contributed by atoms with E-state index in [1.54, 1.807) is 0 Å². The third kappa shape index (κ3) is 7.41. The molecule has 148 valence electrons. The topological polar surface area (TPSA) is 53.6 Å². The molecule has 2 fully saturated rings. The summed E-state index contributed by atoms with van der Waals surface area (Å²) in [7, 11) is 0. The summed E-state index contributed by atoms with van der Waals surface area (Å²) in [5.74, 6) is 0.838. The zero-order valence-corrected chi connectivity index (χ0v) is 17.0. The summed E-state index contributed by atoms with van der Waals surface area (Å²) in [6.07, 6.45) is 3.10. The molecule has 5 nitrogen and oxygen atoms in total. The van der Waals surface area contributed by atoms with Crippen LogP contribution in [0.4, 0.5) is 5.69 Å². The van der Waals surface area contributed by atoms with Crippen molar-refractivity contribution in [2.75, 3.05) is 38.2 Å². The quantitative estimate of drug-likeness (QED) is 0.792. The highest BCUT2D eigenvalue weighted by molar-refractivity contribution is 5.91. The second-order valence-corrected chi connectivity index (χ2v) is 7.16. The molecule has 3 rings (SSSR count). The van der Waals surface area contributed by atoms with Gasteiger partial charge in [0.2, 0.25) is 5.91 Å². The number of anilines is 1. The van der Waals surface area contributed by atoms with Gasteiger partial charge in [-0.3, -0.25) is 9.69 Å². The summed E-state index contributed by atoms with van der Waals surface area (Å²) in [5, 5.41) is 6.28. The van der Waals surface area contributed by atoms with E-state index in [9.17, 15) is 4.79 Å². The predicted octanol–water partition coefficient (Wildman–Crippen LogP) is 3.08. The largest absolute Gasteiger partial charge is 0.378 e. The first-order chi connectivity index (χ1) is 11.7. The lowest BCUT2D eigenvalue weighted by molar-refractivity contribution is -0.117. The first kappa shape index (κ1) is 23.2. The highest BCUT2D eigenvalue weighted by Crippen LogP contribution is 2.19. The van der Waals surface area contributed by atoms with Gasteiger partial charge in [-0.2, -0.15) is 0 Å². The number of piperidine rings is 1. The molecule has 0 spiro atoms. The van der Waals surface area contributed by atoms with Crippen molar-refractivity contribution in [3.8, 4) is 0 Å². The van der Waals surface area contributed by atoms with E-state index >= 15 is 0 Å².